The molecule has 94 valence electrons. The van der Waals surface area contributed by atoms with Gasteiger partial charge < -0.3 is 4.90 Å². The fraction of sp³-hybridized carbons (Fsp3) is 0.467. The lowest BCUT2D eigenvalue weighted by Gasteiger charge is -2.18. The van der Waals surface area contributed by atoms with Crippen molar-refractivity contribution in [2.75, 3.05) is 13.1 Å². The first kappa shape index (κ1) is 11.5. The predicted molar refractivity (Wildman–Crippen MR) is 68.6 cm³/mol. The van der Waals surface area contributed by atoms with E-state index in [1.165, 1.54) is 0 Å². The number of benzene rings is 1. The minimum absolute atomic E-state index is 0.0989. The number of hydrogen-bond donors (Lipinski definition) is 0. The number of carbonyl (C=O) groups excluding carboxylic acids is 2. The van der Waals surface area contributed by atoms with Crippen LogP contribution in [0.1, 0.15) is 47.5 Å². The second-order valence-electron chi connectivity index (χ2n) is 5.20. The molecule has 1 aliphatic heterocycles. The van der Waals surface area contributed by atoms with E-state index >= 15 is 0 Å². The third-order valence-electron chi connectivity index (χ3n) is 4.01. The number of fused-ring (bicyclic) bond motifs is 1. The molecule has 0 radical (unpaired) electrons. The SMILES string of the molecule is O=C1CC(CC(=O)N2CCCC2)c2ccccc21. The molecule has 0 aromatic heterocycles. The zero-order chi connectivity index (χ0) is 12.5. The highest BCUT2D eigenvalue weighted by atomic mass is 16.2. The molecule has 1 aromatic carbocycles. The molecule has 1 aliphatic carbocycles. The van der Waals surface area contributed by atoms with Crippen LogP contribution in [0, 0.1) is 0 Å². The summed E-state index contributed by atoms with van der Waals surface area (Å²) in [6.07, 6.45) is 3.22. The second-order valence-corrected chi connectivity index (χ2v) is 5.20. The van der Waals surface area contributed by atoms with E-state index in [0.717, 1.165) is 37.1 Å². The Labute approximate surface area is 107 Å². The van der Waals surface area contributed by atoms with Gasteiger partial charge >= 0.3 is 0 Å². The van der Waals surface area contributed by atoms with Crippen LogP contribution in [0.15, 0.2) is 24.3 Å². The number of nitrogens with zero attached hydrogens (tertiary/aromatic N) is 1. The largest absolute Gasteiger partial charge is 0.343 e. The average Bonchev–Trinajstić information content (AvgIpc) is 3.00. The lowest BCUT2D eigenvalue weighted by atomic mass is 9.97. The quantitative estimate of drug-likeness (QED) is 0.799. The molecule has 1 unspecified atom stereocenters. The van der Waals surface area contributed by atoms with Gasteiger partial charge in [0.15, 0.2) is 5.78 Å². The van der Waals surface area contributed by atoms with Crippen LogP contribution in [0.3, 0.4) is 0 Å². The van der Waals surface area contributed by atoms with Crippen LogP contribution in [0.4, 0.5) is 0 Å². The Morgan fingerprint density at radius 2 is 1.94 bits per heavy atom. The van der Waals surface area contributed by atoms with Crippen LogP contribution in [-0.4, -0.2) is 29.7 Å². The second kappa shape index (κ2) is 4.56. The molecule has 3 heteroatoms. The lowest BCUT2D eigenvalue weighted by molar-refractivity contribution is -0.130. The summed E-state index contributed by atoms with van der Waals surface area (Å²) in [5.74, 6) is 0.494. The van der Waals surface area contributed by atoms with Gasteiger partial charge in [0.1, 0.15) is 0 Å². The molecule has 0 spiro atoms. The Balaban J connectivity index is 1.75. The van der Waals surface area contributed by atoms with Gasteiger partial charge in [-0.1, -0.05) is 24.3 Å². The van der Waals surface area contributed by atoms with E-state index in [1.807, 2.05) is 29.2 Å². The number of amides is 1. The van der Waals surface area contributed by atoms with Crippen molar-refractivity contribution >= 4 is 11.7 Å². The number of carbonyl (C=O) groups is 2. The zero-order valence-electron chi connectivity index (χ0n) is 10.4. The van der Waals surface area contributed by atoms with Gasteiger partial charge in [0, 0.05) is 37.4 Å². The standard InChI is InChI=1S/C15H17NO2/c17-14-9-11(12-5-1-2-6-13(12)14)10-15(18)16-7-3-4-8-16/h1-2,5-6,11H,3-4,7-10H2. The van der Waals surface area contributed by atoms with E-state index < -0.39 is 0 Å². The van der Waals surface area contributed by atoms with Crippen molar-refractivity contribution in [3.63, 3.8) is 0 Å². The van der Waals surface area contributed by atoms with E-state index in [1.54, 1.807) is 0 Å². The van der Waals surface area contributed by atoms with Crippen LogP contribution in [0.25, 0.3) is 0 Å². The summed E-state index contributed by atoms with van der Waals surface area (Å²) in [4.78, 5) is 25.9. The molecular formula is C15H17NO2. The first-order chi connectivity index (χ1) is 8.75. The molecule has 0 bridgehead atoms. The van der Waals surface area contributed by atoms with Crippen molar-refractivity contribution in [3.05, 3.63) is 35.4 Å². The molecule has 3 nitrogen and oxygen atoms in total. The summed E-state index contributed by atoms with van der Waals surface area (Å²) in [6, 6.07) is 7.70. The van der Waals surface area contributed by atoms with Crippen LogP contribution < -0.4 is 0 Å². The topological polar surface area (TPSA) is 37.4 Å². The molecule has 1 amide bonds. The van der Waals surface area contributed by atoms with Crippen molar-refractivity contribution in [2.24, 2.45) is 0 Å². The minimum atomic E-state index is 0.0989. The first-order valence-corrected chi connectivity index (χ1v) is 6.65. The molecule has 0 saturated carbocycles. The molecule has 1 saturated heterocycles. The van der Waals surface area contributed by atoms with Crippen molar-refractivity contribution in [3.8, 4) is 0 Å². The van der Waals surface area contributed by atoms with Crippen LogP contribution in [0.2, 0.25) is 0 Å². The van der Waals surface area contributed by atoms with Gasteiger partial charge in [-0.05, 0) is 18.4 Å². The molecular weight excluding hydrogens is 226 g/mol. The summed E-state index contributed by atoms with van der Waals surface area (Å²) in [5, 5.41) is 0. The number of Topliss-reactive ketones (excluding diaryl/α,β-unsaturated/α-hetero) is 1. The normalized spacial score (nSPS) is 22.3. The molecule has 3 rings (SSSR count). The number of rotatable bonds is 2. The van der Waals surface area contributed by atoms with Gasteiger partial charge in [-0.15, -0.1) is 0 Å². The van der Waals surface area contributed by atoms with Gasteiger partial charge in [0.05, 0.1) is 0 Å². The van der Waals surface area contributed by atoms with Gasteiger partial charge in [0.25, 0.3) is 0 Å². The fourth-order valence-corrected chi connectivity index (χ4v) is 3.04. The van der Waals surface area contributed by atoms with E-state index in [9.17, 15) is 9.59 Å². The van der Waals surface area contributed by atoms with E-state index in [2.05, 4.69) is 0 Å². The highest BCUT2D eigenvalue weighted by Gasteiger charge is 2.31. The molecule has 1 atom stereocenters. The molecule has 2 aliphatic rings. The number of likely N-dealkylation sites (tertiary alicyclic amines) is 1. The van der Waals surface area contributed by atoms with Crippen molar-refractivity contribution in [2.45, 2.75) is 31.6 Å². The van der Waals surface area contributed by atoms with Crippen LogP contribution in [0.5, 0.6) is 0 Å². The Morgan fingerprint density at radius 3 is 2.72 bits per heavy atom. The van der Waals surface area contributed by atoms with Crippen molar-refractivity contribution < 1.29 is 9.59 Å². The maximum atomic E-state index is 12.1. The number of hydrogen-bond acceptors (Lipinski definition) is 2. The highest BCUT2D eigenvalue weighted by Crippen LogP contribution is 2.35. The average molecular weight is 243 g/mol. The van der Waals surface area contributed by atoms with Crippen molar-refractivity contribution in [1.82, 2.24) is 4.90 Å². The maximum absolute atomic E-state index is 12.1. The summed E-state index contributed by atoms with van der Waals surface area (Å²) < 4.78 is 0. The smallest absolute Gasteiger partial charge is 0.223 e. The van der Waals surface area contributed by atoms with Crippen LogP contribution in [-0.2, 0) is 4.79 Å². The van der Waals surface area contributed by atoms with Crippen molar-refractivity contribution in [1.29, 1.82) is 0 Å². The van der Waals surface area contributed by atoms with Gasteiger partial charge in [-0.2, -0.15) is 0 Å². The van der Waals surface area contributed by atoms with E-state index in [0.29, 0.717) is 12.8 Å². The van der Waals surface area contributed by atoms with Crippen LogP contribution >= 0.6 is 0 Å². The maximum Gasteiger partial charge on any atom is 0.223 e. The third-order valence-corrected chi connectivity index (χ3v) is 4.01. The minimum Gasteiger partial charge on any atom is -0.343 e. The molecule has 0 N–H and O–H groups in total. The van der Waals surface area contributed by atoms with Gasteiger partial charge in [-0.3, -0.25) is 9.59 Å². The summed E-state index contributed by atoms with van der Waals surface area (Å²) in [6.45, 7) is 1.78. The summed E-state index contributed by atoms with van der Waals surface area (Å²) >= 11 is 0. The monoisotopic (exact) mass is 243 g/mol. The molecule has 18 heavy (non-hydrogen) atoms. The lowest BCUT2D eigenvalue weighted by Crippen LogP contribution is -2.28. The van der Waals surface area contributed by atoms with Gasteiger partial charge in [0.2, 0.25) is 5.91 Å². The highest BCUT2D eigenvalue weighted by molar-refractivity contribution is 6.01. The van der Waals surface area contributed by atoms with E-state index in [-0.39, 0.29) is 17.6 Å². The van der Waals surface area contributed by atoms with E-state index in [4.69, 9.17) is 0 Å². The fourth-order valence-electron chi connectivity index (χ4n) is 3.04. The van der Waals surface area contributed by atoms with Gasteiger partial charge in [-0.25, -0.2) is 0 Å². The number of ketones is 1. The predicted octanol–water partition coefficient (Wildman–Crippen LogP) is 2.37. The summed E-state index contributed by atoms with van der Waals surface area (Å²) in [5.41, 5.74) is 1.88. The molecule has 1 fully saturated rings. The Hall–Kier alpha value is -1.64. The first-order valence-electron chi connectivity index (χ1n) is 6.65. The Bertz CT molecular complexity index is 489. The third kappa shape index (κ3) is 1.94. The zero-order valence-corrected chi connectivity index (χ0v) is 10.4. The summed E-state index contributed by atoms with van der Waals surface area (Å²) in [7, 11) is 0. The Kier molecular flexibility index (Phi) is 2.90. The molecule has 1 heterocycles. The Morgan fingerprint density at radius 1 is 1.22 bits per heavy atom. The molecule has 1 aromatic rings.